The van der Waals surface area contributed by atoms with Gasteiger partial charge in [-0.3, -0.25) is 9.36 Å². The molecule has 0 aromatic heterocycles. The number of carboxylic acid groups (broad SMARTS) is 1. The van der Waals surface area contributed by atoms with Crippen LogP contribution in [0.5, 0.6) is 17.2 Å². The van der Waals surface area contributed by atoms with Crippen molar-refractivity contribution < 1.29 is 34.2 Å². The number of aromatic hydroxyl groups is 1. The third-order valence-corrected chi connectivity index (χ3v) is 6.73. The molecule has 2 aromatic rings. The van der Waals surface area contributed by atoms with Gasteiger partial charge in [0.2, 0.25) is 0 Å². The summed E-state index contributed by atoms with van der Waals surface area (Å²) in [6.45, 7) is 1.69. The largest absolute Gasteiger partial charge is 0.507 e. The van der Waals surface area contributed by atoms with Crippen LogP contribution in [-0.2, 0) is 14.7 Å². The molecule has 11 heteroatoms. The number of amides is 1. The Balaban J connectivity index is 1.92. The van der Waals surface area contributed by atoms with Crippen molar-refractivity contribution in [1.29, 1.82) is 0 Å². The summed E-state index contributed by atoms with van der Waals surface area (Å²) in [5.74, 6) is -1.40. The molecule has 0 radical (unpaired) electrons. The average molecular weight is 575 g/mol. The van der Waals surface area contributed by atoms with Gasteiger partial charge in [0.05, 0.1) is 14.5 Å². The highest BCUT2D eigenvalue weighted by Crippen LogP contribution is 2.43. The Bertz CT molecular complexity index is 1040. The molecule has 0 bridgehead atoms. The maximum absolute atomic E-state index is 12.9. The van der Waals surface area contributed by atoms with Crippen LogP contribution in [0, 0.1) is 0 Å². The minimum atomic E-state index is -1.59. The highest BCUT2D eigenvalue weighted by molar-refractivity contribution is 9.11. The minimum absolute atomic E-state index is 0.0670. The number of hydrogen-bond donors (Lipinski definition) is 3. The van der Waals surface area contributed by atoms with Crippen LogP contribution in [0.25, 0.3) is 0 Å². The summed E-state index contributed by atoms with van der Waals surface area (Å²) < 4.78 is 18.0. The predicted molar refractivity (Wildman–Crippen MR) is 119 cm³/mol. The molecule has 2 atom stereocenters. The lowest BCUT2D eigenvalue weighted by molar-refractivity contribution is -0.141. The Labute approximate surface area is 196 Å². The van der Waals surface area contributed by atoms with Crippen molar-refractivity contribution in [1.82, 2.24) is 4.90 Å². The van der Waals surface area contributed by atoms with Crippen LogP contribution in [0.1, 0.15) is 35.7 Å². The zero-order valence-corrected chi connectivity index (χ0v) is 20.3. The van der Waals surface area contributed by atoms with Crippen LogP contribution in [0.2, 0.25) is 0 Å². The number of halogens is 2. The second kappa shape index (κ2) is 9.24. The lowest BCUT2D eigenvalue weighted by Crippen LogP contribution is -2.40. The molecule has 1 aliphatic heterocycles. The van der Waals surface area contributed by atoms with E-state index in [2.05, 4.69) is 31.9 Å². The van der Waals surface area contributed by atoms with Crippen LogP contribution in [0.3, 0.4) is 0 Å². The lowest BCUT2D eigenvalue weighted by Gasteiger charge is -2.22. The number of aliphatic carboxylic acids is 1. The molecule has 2 aromatic carbocycles. The number of aliphatic hydroxyl groups is 1. The van der Waals surface area contributed by atoms with Crippen LogP contribution in [-0.4, -0.2) is 44.7 Å². The van der Waals surface area contributed by atoms with E-state index >= 15 is 0 Å². The van der Waals surface area contributed by atoms with Crippen molar-refractivity contribution in [3.05, 3.63) is 50.4 Å². The summed E-state index contributed by atoms with van der Waals surface area (Å²) in [7, 11) is -0.466. The summed E-state index contributed by atoms with van der Waals surface area (Å²) >= 11 is 6.71. The van der Waals surface area contributed by atoms with Crippen LogP contribution in [0.15, 0.2) is 39.3 Å². The predicted octanol–water partition coefficient (Wildman–Crippen LogP) is 4.86. The SMILES string of the molecule is CC(O)(P=O)c1cc(Br)c(Oc2ccc(O)c(C(=O)N3CCCC3C(=O)O)c2)c(Br)c1. The maximum Gasteiger partial charge on any atom is 0.326 e. The first-order valence-corrected chi connectivity index (χ1v) is 11.6. The molecule has 2 unspecified atom stereocenters. The van der Waals surface area contributed by atoms with Crippen molar-refractivity contribution in [2.45, 2.75) is 31.1 Å². The number of nitrogens with zero attached hydrogens (tertiary/aromatic N) is 1. The number of carbonyl (C=O) groups excluding carboxylic acids is 1. The van der Waals surface area contributed by atoms with Gasteiger partial charge in [0.1, 0.15) is 17.5 Å². The normalized spacial score (nSPS) is 18.1. The zero-order chi connectivity index (χ0) is 22.9. The van der Waals surface area contributed by atoms with E-state index in [0.717, 1.165) is 0 Å². The highest BCUT2D eigenvalue weighted by Gasteiger charge is 2.35. The van der Waals surface area contributed by atoms with Gasteiger partial charge in [0.15, 0.2) is 19.6 Å². The number of hydrogen-bond acceptors (Lipinski definition) is 6. The average Bonchev–Trinajstić information content (AvgIpc) is 3.21. The number of phenols is 1. The van der Waals surface area contributed by atoms with Crippen molar-refractivity contribution in [3.63, 3.8) is 0 Å². The molecule has 0 spiro atoms. The fourth-order valence-corrected chi connectivity index (χ4v) is 4.86. The van der Waals surface area contributed by atoms with Gasteiger partial charge in [-0.2, -0.15) is 0 Å². The summed E-state index contributed by atoms with van der Waals surface area (Å²) in [5, 5.41) is 28.1. The smallest absolute Gasteiger partial charge is 0.326 e. The second-order valence-corrected chi connectivity index (χ2v) is 9.92. The third kappa shape index (κ3) is 4.92. The molecular formula is C20H18Br2NO7P. The first-order valence-electron chi connectivity index (χ1n) is 9.16. The number of carbonyl (C=O) groups is 2. The summed E-state index contributed by atoms with van der Waals surface area (Å²) in [6, 6.07) is 6.28. The first-order chi connectivity index (χ1) is 14.5. The molecular weight excluding hydrogens is 557 g/mol. The number of benzene rings is 2. The Morgan fingerprint density at radius 1 is 1.23 bits per heavy atom. The van der Waals surface area contributed by atoms with E-state index in [9.17, 15) is 29.5 Å². The molecule has 8 nitrogen and oxygen atoms in total. The molecule has 1 heterocycles. The standard InChI is InChI=1S/C20H18Br2NO7P/c1-20(28,31-29)10-7-13(21)17(14(22)8-10)30-11-4-5-16(24)12(9-11)18(25)23-6-2-3-15(23)19(26)27/h4-5,7-9,15,24,28H,2-3,6H2,1H3,(H,26,27). The molecule has 0 saturated carbocycles. The molecule has 3 N–H and O–H groups in total. The van der Waals surface area contributed by atoms with Crippen molar-refractivity contribution >= 4 is 52.2 Å². The number of rotatable bonds is 6. The lowest BCUT2D eigenvalue weighted by atomic mass is 10.1. The van der Waals surface area contributed by atoms with Crippen molar-refractivity contribution in [3.8, 4) is 17.2 Å². The molecule has 3 rings (SSSR count). The fraction of sp³-hybridized carbons (Fsp3) is 0.300. The molecule has 1 fully saturated rings. The number of carboxylic acids is 1. The van der Waals surface area contributed by atoms with Gasteiger partial charge in [-0.1, -0.05) is 0 Å². The quantitative estimate of drug-likeness (QED) is 0.421. The van der Waals surface area contributed by atoms with Crippen molar-refractivity contribution in [2.24, 2.45) is 0 Å². The van der Waals surface area contributed by atoms with Gasteiger partial charge in [0, 0.05) is 6.54 Å². The van der Waals surface area contributed by atoms with E-state index in [-0.39, 0.29) is 23.6 Å². The van der Waals surface area contributed by atoms with E-state index in [4.69, 9.17) is 4.74 Å². The van der Waals surface area contributed by atoms with E-state index in [1.807, 2.05) is 0 Å². The molecule has 1 saturated heterocycles. The van der Waals surface area contributed by atoms with Gasteiger partial charge in [-0.25, -0.2) is 4.79 Å². The Morgan fingerprint density at radius 2 is 1.87 bits per heavy atom. The van der Waals surface area contributed by atoms with Crippen LogP contribution in [0.4, 0.5) is 0 Å². The van der Waals surface area contributed by atoms with Gasteiger partial charge < -0.3 is 25.0 Å². The molecule has 1 amide bonds. The molecule has 0 aliphatic carbocycles. The van der Waals surface area contributed by atoms with Gasteiger partial charge in [-0.15, -0.1) is 0 Å². The molecule has 1 aliphatic rings. The van der Waals surface area contributed by atoms with E-state index in [1.165, 1.54) is 30.0 Å². The van der Waals surface area contributed by atoms with Gasteiger partial charge in [0.25, 0.3) is 5.91 Å². The Kier molecular flexibility index (Phi) is 7.05. The highest BCUT2D eigenvalue weighted by atomic mass is 79.9. The third-order valence-electron chi connectivity index (χ3n) is 4.94. The number of likely N-dealkylation sites (tertiary alicyclic amines) is 1. The maximum atomic E-state index is 12.9. The monoisotopic (exact) mass is 573 g/mol. The Hall–Kier alpha value is -2.00. The zero-order valence-electron chi connectivity index (χ0n) is 16.2. The summed E-state index contributed by atoms with van der Waals surface area (Å²) in [4.78, 5) is 25.5. The van der Waals surface area contributed by atoms with E-state index in [0.29, 0.717) is 33.1 Å². The summed E-state index contributed by atoms with van der Waals surface area (Å²) in [5.41, 5.74) is 0.313. The fourth-order valence-electron chi connectivity index (χ4n) is 3.27. The number of ether oxygens (including phenoxy) is 1. The molecule has 164 valence electrons. The molecule has 31 heavy (non-hydrogen) atoms. The summed E-state index contributed by atoms with van der Waals surface area (Å²) in [6.07, 6.45) is 0.926. The van der Waals surface area contributed by atoms with Crippen LogP contribution >= 0.6 is 40.3 Å². The topological polar surface area (TPSA) is 124 Å². The van der Waals surface area contributed by atoms with E-state index in [1.54, 1.807) is 12.1 Å². The Morgan fingerprint density at radius 3 is 2.45 bits per heavy atom. The number of phenolic OH excluding ortho intramolecular Hbond substituents is 1. The van der Waals surface area contributed by atoms with Gasteiger partial charge in [-0.05, 0) is 87.5 Å². The first kappa shape index (κ1) is 23.7. The van der Waals surface area contributed by atoms with Crippen LogP contribution < -0.4 is 4.74 Å². The second-order valence-electron chi connectivity index (χ2n) is 7.16. The van der Waals surface area contributed by atoms with Gasteiger partial charge >= 0.3 is 5.97 Å². The van der Waals surface area contributed by atoms with E-state index < -0.39 is 31.7 Å². The minimum Gasteiger partial charge on any atom is -0.507 e. The van der Waals surface area contributed by atoms with Crippen molar-refractivity contribution in [2.75, 3.05) is 6.54 Å².